The van der Waals surface area contributed by atoms with E-state index in [1.54, 1.807) is 6.07 Å². The van der Waals surface area contributed by atoms with E-state index in [1.807, 2.05) is 139 Å². The van der Waals surface area contributed by atoms with Gasteiger partial charge in [0.25, 0.3) is 0 Å². The standard InChI is InChI=1S/C24H26ClFN8.C22H21ClFN7.C21H21ClFN7O.C21H19ClFN7S/c1-2-33-9-11-34(12-10-33)8-7-17-14-21(29-23(28-17)18-5-3-4-6-20(18)25)30-24-19-13-16(26)15-27-22(19)31-32-24;23-18-6-2-1-5-16(18)21-26-15(7-10-31-8-3-4-9-31)12-19(27-21)28-22-17-11-14(24)13-25-20(17)29-30-22;1-30(8-9-31)7-6-14-11-18(26-20(25-14)15-4-2-3-5-17(15)22)27-21-16-10-13(23)12-24-19(16)28-29-21;22-17-4-2-1-3-15(17)20-25-14(5-6-30-7-8-31-12-30)10-18(26-20)27-21-16-9-13(23)11-24-19(16)28-29-21/h3-6,13-15H,2,7-12H2,1H3,(H2,27,28,29,30,31,32);1-2,5-6,11-13H,3-4,7-10H2,(H2,25,26,27,28,29,30);2-5,10-12,31H,6-9H2,1H3,(H2,24,25,26,27,28,29);1-4,9-11H,5-8,12H2,(H2,24,25,26,27,28,29). The Kier molecular flexibility index (Phi) is 29.2. The van der Waals surface area contributed by atoms with Crippen molar-refractivity contribution in [3.63, 3.8) is 0 Å². The second kappa shape index (κ2) is 42.0. The lowest BCUT2D eigenvalue weighted by Crippen LogP contribution is -2.46. The summed E-state index contributed by atoms with van der Waals surface area (Å²) in [6.07, 6.45) is 10.1. The van der Waals surface area contributed by atoms with Crippen molar-refractivity contribution in [3.05, 3.63) is 237 Å². The molecule has 0 atom stereocenters. The maximum absolute atomic E-state index is 13.8. The molecule has 4 aromatic carbocycles. The van der Waals surface area contributed by atoms with Crippen LogP contribution in [0.5, 0.6) is 0 Å². The van der Waals surface area contributed by atoms with Gasteiger partial charge in [-0.25, -0.2) is 77.4 Å². The molecule has 39 heteroatoms. The fourth-order valence-corrected chi connectivity index (χ4v) is 16.5. The van der Waals surface area contributed by atoms with Crippen molar-refractivity contribution in [2.45, 2.75) is 45.4 Å². The molecule has 0 bridgehead atoms. The minimum atomic E-state index is -0.455. The van der Waals surface area contributed by atoms with Gasteiger partial charge in [0.2, 0.25) is 0 Å². The van der Waals surface area contributed by atoms with E-state index >= 15 is 0 Å². The number of aromatic nitrogens is 20. The molecule has 9 N–H and O–H groups in total. The second-order valence-corrected chi connectivity index (χ2v) is 32.9. The molecule has 3 saturated heterocycles. The van der Waals surface area contributed by atoms with Gasteiger partial charge in [-0.15, -0.1) is 11.8 Å². The maximum atomic E-state index is 13.8. The van der Waals surface area contributed by atoms with Crippen molar-refractivity contribution >= 4 is 149 Å². The Balaban J connectivity index is 0.000000125. The topological polar surface area (TPSA) is 354 Å². The summed E-state index contributed by atoms with van der Waals surface area (Å²) in [5, 5.41) is 54.4. The number of nitrogens with one attached hydrogen (secondary N) is 8. The molecule has 3 aliphatic heterocycles. The monoisotopic (exact) mass is 1810 g/mol. The zero-order valence-corrected chi connectivity index (χ0v) is 72.8. The molecule has 3 aliphatic rings. The normalized spacial score (nSPS) is 13.9. The Morgan fingerprint density at radius 3 is 1.00 bits per heavy atom. The van der Waals surface area contributed by atoms with Gasteiger partial charge in [-0.3, -0.25) is 25.3 Å². The van der Waals surface area contributed by atoms with Gasteiger partial charge in [-0.1, -0.05) is 102 Å². The molecule has 0 aliphatic carbocycles. The van der Waals surface area contributed by atoms with Crippen LogP contribution in [0.15, 0.2) is 170 Å². The number of pyridine rings is 4. The summed E-state index contributed by atoms with van der Waals surface area (Å²) in [6.45, 7) is 15.1. The van der Waals surface area contributed by atoms with Crippen molar-refractivity contribution in [2.75, 3.05) is 132 Å². The zero-order chi connectivity index (χ0) is 87.7. The Labute approximate surface area is 751 Å². The molecule has 652 valence electrons. The lowest BCUT2D eigenvalue weighted by atomic mass is 10.2. The molecule has 0 amide bonds. The molecular formula is C88H87Cl4F4N29OS. The number of halogens is 8. The van der Waals surface area contributed by atoms with Crippen LogP contribution >= 0.6 is 58.2 Å². The van der Waals surface area contributed by atoms with Gasteiger partial charge in [-0.2, -0.15) is 20.4 Å². The van der Waals surface area contributed by atoms with E-state index < -0.39 is 23.3 Å². The van der Waals surface area contributed by atoms with Crippen LogP contribution in [0.25, 0.3) is 89.7 Å². The van der Waals surface area contributed by atoms with E-state index in [4.69, 9.17) is 71.4 Å². The first-order valence-electron chi connectivity index (χ1n) is 41.3. The van der Waals surface area contributed by atoms with Crippen LogP contribution in [0.3, 0.4) is 0 Å². The molecule has 19 rings (SSSR count). The lowest BCUT2D eigenvalue weighted by Gasteiger charge is -2.33. The summed E-state index contributed by atoms with van der Waals surface area (Å²) >= 11 is 27.6. The number of piperazine rings is 1. The molecule has 0 saturated carbocycles. The van der Waals surface area contributed by atoms with E-state index in [2.05, 4.69) is 128 Å². The molecule has 0 radical (unpaired) electrons. The van der Waals surface area contributed by atoms with Crippen LogP contribution in [-0.4, -0.2) is 241 Å². The molecule has 30 nitrogen and oxygen atoms in total. The third-order valence-electron chi connectivity index (χ3n) is 21.3. The van der Waals surface area contributed by atoms with Crippen molar-refractivity contribution < 1.29 is 22.7 Å². The first-order chi connectivity index (χ1) is 61.9. The third-order valence-corrected chi connectivity index (χ3v) is 23.7. The van der Waals surface area contributed by atoms with Gasteiger partial charge in [0, 0.05) is 172 Å². The highest BCUT2D eigenvalue weighted by molar-refractivity contribution is 7.99. The van der Waals surface area contributed by atoms with Crippen LogP contribution in [0, 0.1) is 23.3 Å². The Morgan fingerprint density at radius 1 is 0.386 bits per heavy atom. The number of aliphatic hydroxyl groups is 1. The molecule has 3 fully saturated rings. The number of anilines is 8. The second-order valence-electron chi connectivity index (χ2n) is 30.2. The molecule has 0 unspecified atom stereocenters. The number of likely N-dealkylation sites (N-methyl/N-ethyl adjacent to an activating group) is 2. The lowest BCUT2D eigenvalue weighted by molar-refractivity contribution is 0.138. The number of thioether (sulfide) groups is 1. The number of aromatic amines is 4. The Bertz CT molecular complexity index is 6280. The smallest absolute Gasteiger partial charge is 0.183 e. The van der Waals surface area contributed by atoms with Gasteiger partial charge in [0.05, 0.1) is 73.0 Å². The van der Waals surface area contributed by atoms with Crippen LogP contribution in [-0.2, 0) is 25.7 Å². The number of hydrogen-bond donors (Lipinski definition) is 9. The number of aliphatic hydroxyl groups excluding tert-OH is 1. The number of likely N-dealkylation sites (tertiary alicyclic amines) is 1. The fourth-order valence-electron chi connectivity index (χ4n) is 14.6. The van der Waals surface area contributed by atoms with Gasteiger partial charge in [0.15, 0.2) is 45.9 Å². The minimum Gasteiger partial charge on any atom is -0.395 e. The van der Waals surface area contributed by atoms with Crippen LogP contribution in [0.2, 0.25) is 20.1 Å². The first kappa shape index (κ1) is 88.3. The average Bonchev–Trinajstić information content (AvgIpc) is 1.73. The predicted octanol–water partition coefficient (Wildman–Crippen LogP) is 16.6. The van der Waals surface area contributed by atoms with E-state index in [1.165, 1.54) is 42.9 Å². The summed E-state index contributed by atoms with van der Waals surface area (Å²) < 4.78 is 54.8. The first-order valence-corrected chi connectivity index (χ1v) is 43.9. The molecule has 0 spiro atoms. The summed E-state index contributed by atoms with van der Waals surface area (Å²) in [7, 11) is 1.93. The molecule has 16 aromatic rings. The number of hydrogen-bond acceptors (Lipinski definition) is 27. The summed E-state index contributed by atoms with van der Waals surface area (Å²) in [5.41, 5.74) is 8.17. The summed E-state index contributed by atoms with van der Waals surface area (Å²) in [5.74, 6) is 6.85. The Hall–Kier alpha value is -12.1. The predicted molar refractivity (Wildman–Crippen MR) is 491 cm³/mol. The SMILES string of the molecule is CCN1CCN(CCc2cc(Nc3[nH]nc4ncc(F)cc34)nc(-c3ccccc3Cl)n2)CC1.CN(CCO)CCc1cc(Nc2[nH]nc3ncc(F)cc23)nc(-c2ccccc2Cl)n1.Fc1cnc2n[nH]c(Nc3cc(CCN4CCCC4)nc(-c4ccccc4Cl)n3)c2c1.Fc1cnc2n[nH]c(Nc3cc(CCN4CCSC4)nc(-c4ccccc4Cl)n3)c2c1. The van der Waals surface area contributed by atoms with Gasteiger partial charge >= 0.3 is 0 Å². The average molecular weight is 1820 g/mol. The highest BCUT2D eigenvalue weighted by atomic mass is 35.5. The highest BCUT2D eigenvalue weighted by Crippen LogP contribution is 2.35. The van der Waals surface area contributed by atoms with Crippen molar-refractivity contribution in [1.29, 1.82) is 0 Å². The minimum absolute atomic E-state index is 0.0927. The van der Waals surface area contributed by atoms with E-state index in [0.29, 0.717) is 159 Å². The van der Waals surface area contributed by atoms with Crippen LogP contribution < -0.4 is 21.3 Å². The maximum Gasteiger partial charge on any atom is 0.183 e. The Morgan fingerprint density at radius 2 is 0.693 bits per heavy atom. The number of H-pyrrole nitrogens is 4. The molecule has 15 heterocycles. The van der Waals surface area contributed by atoms with E-state index in [-0.39, 0.29) is 6.61 Å². The van der Waals surface area contributed by atoms with E-state index in [9.17, 15) is 17.6 Å². The quantitative estimate of drug-likeness (QED) is 0.0216. The number of rotatable bonds is 27. The van der Waals surface area contributed by atoms with Gasteiger partial charge in [0.1, 0.15) is 69.8 Å². The number of fused-ring (bicyclic) bond motifs is 4. The molecule has 12 aromatic heterocycles. The van der Waals surface area contributed by atoms with E-state index in [0.717, 1.165) is 161 Å². The van der Waals surface area contributed by atoms with Gasteiger partial charge in [-0.05, 0) is 112 Å². The fraction of sp³-hybridized carbons (Fsp3) is 0.273. The van der Waals surface area contributed by atoms with Crippen molar-refractivity contribution in [3.8, 4) is 45.6 Å². The molecule has 127 heavy (non-hydrogen) atoms. The number of benzene rings is 4. The zero-order valence-electron chi connectivity index (χ0n) is 69.0. The highest BCUT2D eigenvalue weighted by Gasteiger charge is 2.23. The van der Waals surface area contributed by atoms with Crippen LogP contribution in [0.1, 0.15) is 42.5 Å². The van der Waals surface area contributed by atoms with Crippen molar-refractivity contribution in [1.82, 2.24) is 125 Å². The largest absolute Gasteiger partial charge is 0.395 e. The third kappa shape index (κ3) is 23.0. The van der Waals surface area contributed by atoms with Crippen LogP contribution in [0.4, 0.5) is 64.1 Å². The summed E-state index contributed by atoms with van der Waals surface area (Å²) in [4.78, 5) is 65.4. The van der Waals surface area contributed by atoms with Crippen molar-refractivity contribution in [2.24, 2.45) is 0 Å². The summed E-state index contributed by atoms with van der Waals surface area (Å²) in [6, 6.07) is 42.9. The number of nitrogens with zero attached hydrogens (tertiary/aromatic N) is 21. The molecular weight excluding hydrogens is 1730 g/mol. The van der Waals surface area contributed by atoms with Gasteiger partial charge < -0.3 is 46.0 Å².